The van der Waals surface area contributed by atoms with Crippen LogP contribution in [0, 0.1) is 0 Å². The van der Waals surface area contributed by atoms with Crippen molar-refractivity contribution in [3.63, 3.8) is 0 Å². The van der Waals surface area contributed by atoms with Crippen LogP contribution in [0.3, 0.4) is 0 Å². The molecule has 0 saturated carbocycles. The third-order valence-corrected chi connectivity index (χ3v) is 1.14. The Balaban J connectivity index is 2.85. The number of hydrogen-bond acceptors (Lipinski definition) is 4. The minimum Gasteiger partial charge on any atom is -0.418 e. The van der Waals surface area contributed by atoms with Crippen LogP contribution in [0.1, 0.15) is 10.6 Å². The van der Waals surface area contributed by atoms with Crippen molar-refractivity contribution in [3.05, 3.63) is 12.0 Å². The van der Waals surface area contributed by atoms with Crippen LogP contribution in [0.4, 0.5) is 6.01 Å². The molecule has 1 amide bonds. The third kappa shape index (κ3) is 1.49. The van der Waals surface area contributed by atoms with E-state index in [9.17, 15) is 4.79 Å². The predicted molar refractivity (Wildman–Crippen MR) is 38.9 cm³/mol. The van der Waals surface area contributed by atoms with E-state index in [4.69, 9.17) is 10.2 Å². The fraction of sp³-hybridized carbons (Fsp3) is 0.333. The van der Waals surface area contributed by atoms with Gasteiger partial charge < -0.3 is 15.1 Å². The zero-order valence-electron chi connectivity index (χ0n) is 6.37. The number of hydrogen-bond donors (Lipinski definition) is 1. The highest BCUT2D eigenvalue weighted by Gasteiger charge is 2.12. The monoisotopic (exact) mass is 155 g/mol. The van der Waals surface area contributed by atoms with Gasteiger partial charge in [-0.15, -0.1) is 0 Å². The molecule has 0 aliphatic rings. The normalized spacial score (nSPS) is 9.64. The van der Waals surface area contributed by atoms with Gasteiger partial charge in [0.1, 0.15) is 0 Å². The van der Waals surface area contributed by atoms with Gasteiger partial charge in [-0.25, -0.2) is 4.98 Å². The van der Waals surface area contributed by atoms with Crippen molar-refractivity contribution < 1.29 is 9.21 Å². The summed E-state index contributed by atoms with van der Waals surface area (Å²) in [7, 11) is 3.25. The molecule has 1 aromatic rings. The van der Waals surface area contributed by atoms with Crippen molar-refractivity contribution in [3.8, 4) is 0 Å². The Morgan fingerprint density at radius 3 is 2.73 bits per heavy atom. The molecule has 0 fully saturated rings. The Hall–Kier alpha value is -1.52. The minimum atomic E-state index is -0.241. The van der Waals surface area contributed by atoms with Crippen molar-refractivity contribution in [2.24, 2.45) is 0 Å². The first-order valence-electron chi connectivity index (χ1n) is 3.04. The number of aromatic nitrogens is 1. The maximum Gasteiger partial charge on any atom is 0.292 e. The fourth-order valence-electron chi connectivity index (χ4n) is 0.607. The Labute approximate surface area is 63.8 Å². The lowest BCUT2D eigenvalue weighted by Gasteiger charge is -2.05. The second-order valence-electron chi connectivity index (χ2n) is 2.26. The number of amides is 1. The molecule has 0 bridgehead atoms. The smallest absolute Gasteiger partial charge is 0.292 e. The van der Waals surface area contributed by atoms with Gasteiger partial charge in [-0.05, 0) is 0 Å². The van der Waals surface area contributed by atoms with E-state index in [-0.39, 0.29) is 17.7 Å². The van der Waals surface area contributed by atoms with Crippen molar-refractivity contribution in [1.29, 1.82) is 0 Å². The number of oxazole rings is 1. The lowest BCUT2D eigenvalue weighted by Crippen LogP contribution is -2.20. The van der Waals surface area contributed by atoms with Gasteiger partial charge >= 0.3 is 0 Å². The number of nitrogen functional groups attached to an aromatic ring is 1. The van der Waals surface area contributed by atoms with Crippen molar-refractivity contribution in [2.45, 2.75) is 0 Å². The molecule has 0 aliphatic carbocycles. The molecule has 5 heteroatoms. The molecule has 1 heterocycles. The lowest BCUT2D eigenvalue weighted by molar-refractivity contribution is 0.0798. The second-order valence-corrected chi connectivity index (χ2v) is 2.26. The Bertz CT molecular complexity index is 267. The van der Waals surface area contributed by atoms with Crippen molar-refractivity contribution in [2.75, 3.05) is 19.8 Å². The molecule has 2 N–H and O–H groups in total. The van der Waals surface area contributed by atoms with Gasteiger partial charge in [0.25, 0.3) is 11.9 Å². The number of rotatable bonds is 1. The largest absolute Gasteiger partial charge is 0.418 e. The van der Waals surface area contributed by atoms with E-state index >= 15 is 0 Å². The van der Waals surface area contributed by atoms with E-state index in [0.717, 1.165) is 0 Å². The molecule has 0 atom stereocenters. The lowest BCUT2D eigenvalue weighted by atomic mass is 10.4. The highest BCUT2D eigenvalue weighted by Crippen LogP contribution is 2.05. The Morgan fingerprint density at radius 1 is 1.73 bits per heavy atom. The summed E-state index contributed by atoms with van der Waals surface area (Å²) in [6.07, 6.45) is 1.30. The topological polar surface area (TPSA) is 72.4 Å². The Morgan fingerprint density at radius 2 is 2.36 bits per heavy atom. The zero-order chi connectivity index (χ0) is 8.43. The summed E-state index contributed by atoms with van der Waals surface area (Å²) in [5.41, 5.74) is 5.17. The van der Waals surface area contributed by atoms with Gasteiger partial charge in [0, 0.05) is 14.1 Å². The summed E-state index contributed by atoms with van der Waals surface area (Å²) in [4.78, 5) is 16.1. The summed E-state index contributed by atoms with van der Waals surface area (Å²) in [6.45, 7) is 0. The molecular weight excluding hydrogens is 146 g/mol. The van der Waals surface area contributed by atoms with Crippen LogP contribution in [0.5, 0.6) is 0 Å². The molecule has 0 saturated heterocycles. The predicted octanol–water partition coefficient (Wildman–Crippen LogP) is -0.0414. The van der Waals surface area contributed by atoms with E-state index in [0.29, 0.717) is 0 Å². The van der Waals surface area contributed by atoms with E-state index in [1.807, 2.05) is 0 Å². The quantitative estimate of drug-likeness (QED) is 0.617. The number of anilines is 1. The molecule has 1 rings (SSSR count). The summed E-state index contributed by atoms with van der Waals surface area (Å²) in [5, 5.41) is 0. The molecule has 60 valence electrons. The fourth-order valence-corrected chi connectivity index (χ4v) is 0.607. The van der Waals surface area contributed by atoms with Crippen LogP contribution in [-0.2, 0) is 0 Å². The van der Waals surface area contributed by atoms with Gasteiger partial charge in [-0.3, -0.25) is 4.79 Å². The molecular formula is C6H9N3O2. The summed E-state index contributed by atoms with van der Waals surface area (Å²) in [5.74, 6) is -0.0818. The molecule has 11 heavy (non-hydrogen) atoms. The van der Waals surface area contributed by atoms with Crippen molar-refractivity contribution >= 4 is 11.9 Å². The SMILES string of the molecule is CN(C)C(=O)c1cnc(N)o1. The standard InChI is InChI=1S/C6H9N3O2/c1-9(2)5(10)4-3-8-6(7)11-4/h3H,1-2H3,(H2,7,8). The minimum absolute atomic E-state index is 0.00944. The maximum atomic E-state index is 11.1. The molecule has 0 aromatic carbocycles. The maximum absolute atomic E-state index is 11.1. The molecule has 5 nitrogen and oxygen atoms in total. The van der Waals surface area contributed by atoms with Gasteiger partial charge in [0.15, 0.2) is 0 Å². The number of nitrogens with two attached hydrogens (primary N) is 1. The molecule has 1 aromatic heterocycles. The molecule has 0 radical (unpaired) electrons. The van der Waals surface area contributed by atoms with E-state index in [2.05, 4.69) is 4.98 Å². The van der Waals surface area contributed by atoms with E-state index in [1.165, 1.54) is 11.1 Å². The zero-order valence-corrected chi connectivity index (χ0v) is 6.37. The Kier molecular flexibility index (Phi) is 1.80. The average molecular weight is 155 g/mol. The molecule has 0 unspecified atom stereocenters. The van der Waals surface area contributed by atoms with Gasteiger partial charge in [-0.2, -0.15) is 0 Å². The summed E-state index contributed by atoms with van der Waals surface area (Å²) < 4.78 is 4.78. The van der Waals surface area contributed by atoms with Crippen LogP contribution in [0.25, 0.3) is 0 Å². The van der Waals surface area contributed by atoms with E-state index < -0.39 is 0 Å². The highest BCUT2D eigenvalue weighted by molar-refractivity contribution is 5.90. The van der Waals surface area contributed by atoms with Crippen molar-refractivity contribution in [1.82, 2.24) is 9.88 Å². The number of carbonyl (C=O) groups excluding carboxylic acids is 1. The van der Waals surface area contributed by atoms with Crippen LogP contribution < -0.4 is 5.73 Å². The summed E-state index contributed by atoms with van der Waals surface area (Å²) >= 11 is 0. The third-order valence-electron chi connectivity index (χ3n) is 1.14. The summed E-state index contributed by atoms with van der Waals surface area (Å²) in [6, 6.07) is 0.00944. The van der Waals surface area contributed by atoms with Crippen LogP contribution >= 0.6 is 0 Å². The second kappa shape index (κ2) is 2.61. The highest BCUT2D eigenvalue weighted by atomic mass is 16.4. The average Bonchev–Trinajstić information content (AvgIpc) is 2.34. The molecule has 0 spiro atoms. The van der Waals surface area contributed by atoms with Gasteiger partial charge in [0.05, 0.1) is 6.20 Å². The van der Waals surface area contributed by atoms with E-state index in [1.54, 1.807) is 14.1 Å². The number of carbonyl (C=O) groups is 1. The van der Waals surface area contributed by atoms with Crippen LogP contribution in [0.15, 0.2) is 10.6 Å². The van der Waals surface area contributed by atoms with Gasteiger partial charge in [0.2, 0.25) is 5.76 Å². The molecule has 0 aliphatic heterocycles. The first kappa shape index (κ1) is 7.59. The number of nitrogens with zero attached hydrogens (tertiary/aromatic N) is 2. The first-order valence-corrected chi connectivity index (χ1v) is 3.04. The van der Waals surface area contributed by atoms with Crippen LogP contribution in [-0.4, -0.2) is 29.9 Å². The van der Waals surface area contributed by atoms with Crippen LogP contribution in [0.2, 0.25) is 0 Å². The first-order chi connectivity index (χ1) is 5.11. The van der Waals surface area contributed by atoms with Gasteiger partial charge in [-0.1, -0.05) is 0 Å².